The number of benzene rings is 3. The van der Waals surface area contributed by atoms with Crippen LogP contribution >= 0.6 is 0 Å². The highest BCUT2D eigenvalue weighted by Crippen LogP contribution is 2.25. The average molecular weight is 448 g/mol. The minimum absolute atomic E-state index is 0.0118. The minimum Gasteiger partial charge on any atom is -0.207 e. The van der Waals surface area contributed by atoms with E-state index in [1.807, 2.05) is 61.5 Å². The average Bonchev–Trinajstić information content (AvgIpc) is 2.78. The van der Waals surface area contributed by atoms with Gasteiger partial charge in [-0.2, -0.15) is 4.31 Å². The maximum absolute atomic E-state index is 13.3. The maximum Gasteiger partial charge on any atom is 0.243 e. The molecule has 0 heterocycles. The van der Waals surface area contributed by atoms with Gasteiger partial charge >= 0.3 is 0 Å². The Morgan fingerprint density at radius 3 is 1.88 bits per heavy atom. The predicted molar refractivity (Wildman–Crippen MR) is 135 cm³/mol. The monoisotopic (exact) mass is 447 g/mol. The molecule has 0 unspecified atom stereocenters. The lowest BCUT2D eigenvalue weighted by Gasteiger charge is -2.23. The zero-order valence-electron chi connectivity index (χ0n) is 19.5. The second-order valence-electron chi connectivity index (χ2n) is 9.10. The van der Waals surface area contributed by atoms with Gasteiger partial charge in [0, 0.05) is 13.1 Å². The van der Waals surface area contributed by atoms with Crippen LogP contribution in [0.15, 0.2) is 83.8 Å². The van der Waals surface area contributed by atoms with Crippen molar-refractivity contribution in [3.63, 3.8) is 0 Å². The molecule has 0 N–H and O–H groups in total. The fraction of sp³-hybridized carbons (Fsp3) is 0.286. The maximum atomic E-state index is 13.3. The fourth-order valence-corrected chi connectivity index (χ4v) is 5.02. The van der Waals surface area contributed by atoms with Gasteiger partial charge in [-0.3, -0.25) is 0 Å². The van der Waals surface area contributed by atoms with Gasteiger partial charge in [0.1, 0.15) is 0 Å². The van der Waals surface area contributed by atoms with Crippen LogP contribution in [-0.4, -0.2) is 19.3 Å². The van der Waals surface area contributed by atoms with Gasteiger partial charge < -0.3 is 0 Å². The fourth-order valence-electron chi connectivity index (χ4n) is 3.50. The number of sulfonamides is 1. The SMILES string of the molecule is CCCN(Cc1ccc(/C=C/c2ccccc2)cc1)S(=O)(=O)c1ccc(C(C)(C)C)cc1. The lowest BCUT2D eigenvalue weighted by atomic mass is 9.87. The third-order valence-corrected chi connectivity index (χ3v) is 7.30. The van der Waals surface area contributed by atoms with Gasteiger partial charge in [-0.05, 0) is 46.2 Å². The zero-order valence-corrected chi connectivity index (χ0v) is 20.3. The van der Waals surface area contributed by atoms with Crippen molar-refractivity contribution in [3.05, 3.63) is 101 Å². The molecule has 0 bridgehead atoms. The van der Waals surface area contributed by atoms with E-state index in [0.717, 1.165) is 28.7 Å². The Hall–Kier alpha value is -2.69. The molecule has 0 fully saturated rings. The van der Waals surface area contributed by atoms with Gasteiger partial charge in [0.15, 0.2) is 0 Å². The summed E-state index contributed by atoms with van der Waals surface area (Å²) in [5.41, 5.74) is 4.32. The molecule has 0 aliphatic heterocycles. The molecule has 3 rings (SSSR count). The van der Waals surface area contributed by atoms with E-state index < -0.39 is 10.0 Å². The summed E-state index contributed by atoms with van der Waals surface area (Å²) in [4.78, 5) is 0.348. The molecule has 3 aromatic rings. The van der Waals surface area contributed by atoms with E-state index >= 15 is 0 Å². The molecule has 0 spiro atoms. The molecule has 0 amide bonds. The first-order chi connectivity index (χ1) is 15.2. The van der Waals surface area contributed by atoms with Crippen LogP contribution in [0.1, 0.15) is 56.4 Å². The first-order valence-electron chi connectivity index (χ1n) is 11.1. The molecule has 0 saturated heterocycles. The smallest absolute Gasteiger partial charge is 0.207 e. The number of nitrogens with zero attached hydrogens (tertiary/aromatic N) is 1. The lowest BCUT2D eigenvalue weighted by molar-refractivity contribution is 0.405. The summed E-state index contributed by atoms with van der Waals surface area (Å²) in [7, 11) is -3.56. The molecule has 0 radical (unpaired) electrons. The Kier molecular flexibility index (Phi) is 7.70. The molecular weight excluding hydrogens is 414 g/mol. The summed E-state index contributed by atoms with van der Waals surface area (Å²) in [6, 6.07) is 25.5. The quantitative estimate of drug-likeness (QED) is 0.358. The van der Waals surface area contributed by atoms with Crippen LogP contribution < -0.4 is 0 Å². The summed E-state index contributed by atoms with van der Waals surface area (Å²) in [5.74, 6) is 0. The topological polar surface area (TPSA) is 37.4 Å². The van der Waals surface area contributed by atoms with Crippen LogP contribution in [0.25, 0.3) is 12.2 Å². The van der Waals surface area contributed by atoms with E-state index in [1.54, 1.807) is 16.4 Å². The van der Waals surface area contributed by atoms with Crippen LogP contribution in [0, 0.1) is 0 Å². The molecule has 0 atom stereocenters. The summed E-state index contributed by atoms with van der Waals surface area (Å²) >= 11 is 0. The highest BCUT2D eigenvalue weighted by molar-refractivity contribution is 7.89. The van der Waals surface area contributed by atoms with Crippen molar-refractivity contribution in [2.75, 3.05) is 6.54 Å². The Morgan fingerprint density at radius 2 is 1.34 bits per heavy atom. The normalized spacial score (nSPS) is 12.5. The van der Waals surface area contributed by atoms with Crippen molar-refractivity contribution in [1.29, 1.82) is 0 Å². The predicted octanol–water partition coefficient (Wildman–Crippen LogP) is 6.76. The van der Waals surface area contributed by atoms with Crippen LogP contribution in [0.2, 0.25) is 0 Å². The number of hydrogen-bond donors (Lipinski definition) is 0. The molecule has 0 aliphatic carbocycles. The first kappa shape index (κ1) is 24.0. The first-order valence-corrected chi connectivity index (χ1v) is 12.6. The minimum atomic E-state index is -3.56. The standard InChI is InChI=1S/C28H33NO2S/c1-5-21-29(32(30,31)27-19-17-26(18-20-27)28(2,3)4)22-25-15-13-24(14-16-25)12-11-23-9-7-6-8-10-23/h6-20H,5,21-22H2,1-4H3/b12-11+. The summed E-state index contributed by atoms with van der Waals surface area (Å²) in [5, 5.41) is 0. The largest absolute Gasteiger partial charge is 0.243 e. The molecule has 168 valence electrons. The van der Waals surface area contributed by atoms with Crippen LogP contribution in [0.5, 0.6) is 0 Å². The Balaban J connectivity index is 1.76. The second-order valence-corrected chi connectivity index (χ2v) is 11.0. The summed E-state index contributed by atoms with van der Waals surface area (Å²) in [6.45, 7) is 9.22. The molecule has 4 heteroatoms. The molecule has 3 aromatic carbocycles. The van der Waals surface area contributed by atoms with E-state index in [-0.39, 0.29) is 5.41 Å². The third kappa shape index (κ3) is 6.18. The Labute approximate surface area is 193 Å². The summed E-state index contributed by atoms with van der Waals surface area (Å²) in [6.07, 6.45) is 4.90. The van der Waals surface area contributed by atoms with Gasteiger partial charge in [-0.25, -0.2) is 8.42 Å². The van der Waals surface area contributed by atoms with Gasteiger partial charge in [0.05, 0.1) is 4.90 Å². The molecule has 3 nitrogen and oxygen atoms in total. The van der Waals surface area contributed by atoms with Crippen molar-refractivity contribution in [2.24, 2.45) is 0 Å². The van der Waals surface area contributed by atoms with Crippen LogP contribution in [-0.2, 0) is 22.0 Å². The second kappa shape index (κ2) is 10.3. The van der Waals surface area contributed by atoms with Gasteiger partial charge in [-0.1, -0.05) is 107 Å². The van der Waals surface area contributed by atoms with E-state index in [0.29, 0.717) is 18.0 Å². The van der Waals surface area contributed by atoms with Crippen LogP contribution in [0.4, 0.5) is 0 Å². The van der Waals surface area contributed by atoms with Crippen molar-refractivity contribution >= 4 is 22.2 Å². The highest BCUT2D eigenvalue weighted by Gasteiger charge is 2.24. The Morgan fingerprint density at radius 1 is 0.781 bits per heavy atom. The Bertz CT molecular complexity index is 1120. The van der Waals surface area contributed by atoms with E-state index in [2.05, 4.69) is 45.1 Å². The number of rotatable bonds is 8. The van der Waals surface area contributed by atoms with E-state index in [1.165, 1.54) is 0 Å². The third-order valence-electron chi connectivity index (χ3n) is 5.44. The molecular formula is C28H33NO2S. The van der Waals surface area contributed by atoms with Crippen molar-refractivity contribution in [3.8, 4) is 0 Å². The lowest BCUT2D eigenvalue weighted by Crippen LogP contribution is -2.31. The molecule has 0 aromatic heterocycles. The molecule has 0 saturated carbocycles. The van der Waals surface area contributed by atoms with E-state index in [9.17, 15) is 8.42 Å². The van der Waals surface area contributed by atoms with Gasteiger partial charge in [-0.15, -0.1) is 0 Å². The van der Waals surface area contributed by atoms with Crippen molar-refractivity contribution in [2.45, 2.75) is 51.0 Å². The van der Waals surface area contributed by atoms with Gasteiger partial charge in [0.25, 0.3) is 0 Å². The van der Waals surface area contributed by atoms with Crippen molar-refractivity contribution < 1.29 is 8.42 Å². The number of hydrogen-bond acceptors (Lipinski definition) is 2. The van der Waals surface area contributed by atoms with Gasteiger partial charge in [0.2, 0.25) is 10.0 Å². The van der Waals surface area contributed by atoms with Crippen LogP contribution in [0.3, 0.4) is 0 Å². The van der Waals surface area contributed by atoms with Crippen molar-refractivity contribution in [1.82, 2.24) is 4.31 Å². The highest BCUT2D eigenvalue weighted by atomic mass is 32.2. The molecule has 0 aliphatic rings. The molecule has 32 heavy (non-hydrogen) atoms. The zero-order chi connectivity index (χ0) is 23.2. The summed E-state index contributed by atoms with van der Waals surface area (Å²) < 4.78 is 28.2. The van der Waals surface area contributed by atoms with E-state index in [4.69, 9.17) is 0 Å².